The molecule has 0 aromatic heterocycles. The number of rotatable bonds is 4. The molecular formula is C13H26N2. The highest BCUT2D eigenvalue weighted by Crippen LogP contribution is 2.23. The van der Waals surface area contributed by atoms with Gasteiger partial charge >= 0.3 is 0 Å². The van der Waals surface area contributed by atoms with Crippen LogP contribution in [0.15, 0.2) is 0 Å². The molecule has 2 heterocycles. The maximum atomic E-state index is 3.38. The highest BCUT2D eigenvalue weighted by atomic mass is 15.1. The molecule has 15 heavy (non-hydrogen) atoms. The van der Waals surface area contributed by atoms with Gasteiger partial charge in [0, 0.05) is 6.54 Å². The molecule has 0 saturated carbocycles. The van der Waals surface area contributed by atoms with Gasteiger partial charge in [-0.1, -0.05) is 20.3 Å². The van der Waals surface area contributed by atoms with Crippen molar-refractivity contribution in [3.8, 4) is 0 Å². The van der Waals surface area contributed by atoms with Crippen molar-refractivity contribution in [2.24, 2.45) is 17.8 Å². The van der Waals surface area contributed by atoms with E-state index in [4.69, 9.17) is 0 Å². The van der Waals surface area contributed by atoms with Crippen molar-refractivity contribution in [3.63, 3.8) is 0 Å². The van der Waals surface area contributed by atoms with E-state index in [1.807, 2.05) is 0 Å². The minimum absolute atomic E-state index is 0.893. The summed E-state index contributed by atoms with van der Waals surface area (Å²) in [6.07, 6.45) is 4.26. The van der Waals surface area contributed by atoms with Crippen LogP contribution in [0, 0.1) is 17.8 Å². The molecule has 1 atom stereocenters. The van der Waals surface area contributed by atoms with E-state index in [2.05, 4.69) is 24.1 Å². The van der Waals surface area contributed by atoms with Gasteiger partial charge in [-0.25, -0.2) is 0 Å². The number of hydrogen-bond acceptors (Lipinski definition) is 2. The molecule has 0 radical (unpaired) electrons. The smallest absolute Gasteiger partial charge is 0.00106 e. The molecule has 88 valence electrons. The van der Waals surface area contributed by atoms with Gasteiger partial charge < -0.3 is 10.2 Å². The number of hydrogen-bond donors (Lipinski definition) is 1. The zero-order valence-electron chi connectivity index (χ0n) is 10.3. The molecule has 2 rings (SSSR count). The summed E-state index contributed by atoms with van der Waals surface area (Å²) in [5.74, 6) is 2.86. The Bertz CT molecular complexity index is 181. The molecule has 0 aromatic carbocycles. The van der Waals surface area contributed by atoms with Crippen LogP contribution in [-0.4, -0.2) is 37.6 Å². The number of nitrogens with one attached hydrogen (secondary N) is 1. The average molecular weight is 210 g/mol. The molecule has 2 saturated heterocycles. The lowest BCUT2D eigenvalue weighted by Gasteiger charge is -2.38. The van der Waals surface area contributed by atoms with Gasteiger partial charge in [-0.3, -0.25) is 0 Å². The fraction of sp³-hybridized carbons (Fsp3) is 1.00. The molecule has 0 bridgehead atoms. The highest BCUT2D eigenvalue weighted by Gasteiger charge is 2.26. The van der Waals surface area contributed by atoms with E-state index in [-0.39, 0.29) is 0 Å². The summed E-state index contributed by atoms with van der Waals surface area (Å²) >= 11 is 0. The van der Waals surface area contributed by atoms with Gasteiger partial charge in [-0.05, 0) is 56.8 Å². The van der Waals surface area contributed by atoms with Crippen LogP contribution in [0.3, 0.4) is 0 Å². The van der Waals surface area contributed by atoms with E-state index in [1.54, 1.807) is 0 Å². The van der Waals surface area contributed by atoms with E-state index < -0.39 is 0 Å². The van der Waals surface area contributed by atoms with Crippen LogP contribution in [-0.2, 0) is 0 Å². The van der Waals surface area contributed by atoms with Crippen LogP contribution < -0.4 is 5.32 Å². The molecule has 1 unspecified atom stereocenters. The zero-order chi connectivity index (χ0) is 10.7. The maximum Gasteiger partial charge on any atom is 0.00106 e. The quantitative estimate of drug-likeness (QED) is 0.763. The van der Waals surface area contributed by atoms with Crippen LogP contribution in [0.25, 0.3) is 0 Å². The van der Waals surface area contributed by atoms with Gasteiger partial charge in [-0.15, -0.1) is 0 Å². The lowest BCUT2D eigenvalue weighted by Crippen LogP contribution is -2.49. The predicted octanol–water partition coefficient (Wildman–Crippen LogP) is 1.96. The summed E-state index contributed by atoms with van der Waals surface area (Å²) in [5.41, 5.74) is 0. The van der Waals surface area contributed by atoms with Crippen molar-refractivity contribution < 1.29 is 0 Å². The molecule has 2 nitrogen and oxygen atoms in total. The van der Waals surface area contributed by atoms with Crippen molar-refractivity contribution >= 4 is 0 Å². The van der Waals surface area contributed by atoms with Gasteiger partial charge in [0.15, 0.2) is 0 Å². The Labute approximate surface area is 94.4 Å². The van der Waals surface area contributed by atoms with Crippen LogP contribution in [0.1, 0.15) is 33.1 Å². The summed E-state index contributed by atoms with van der Waals surface area (Å²) < 4.78 is 0. The zero-order valence-corrected chi connectivity index (χ0v) is 10.3. The number of likely N-dealkylation sites (tertiary alicyclic amines) is 1. The second-order valence-corrected chi connectivity index (χ2v) is 5.55. The molecule has 2 heteroatoms. The summed E-state index contributed by atoms with van der Waals surface area (Å²) in [5, 5.41) is 3.38. The number of piperidine rings is 1. The van der Waals surface area contributed by atoms with Crippen molar-refractivity contribution in [1.29, 1.82) is 0 Å². The molecule has 2 fully saturated rings. The van der Waals surface area contributed by atoms with Crippen molar-refractivity contribution in [1.82, 2.24) is 10.2 Å². The van der Waals surface area contributed by atoms with Crippen molar-refractivity contribution in [2.75, 3.05) is 32.7 Å². The highest BCUT2D eigenvalue weighted by molar-refractivity contribution is 4.82. The standard InChI is InChI=1S/C13H26N2/c1-3-12-4-6-15(7-5-12)10-11(2)13-8-14-9-13/h11-14H,3-10H2,1-2H3. The van der Waals surface area contributed by atoms with E-state index in [0.717, 1.165) is 17.8 Å². The van der Waals surface area contributed by atoms with Crippen LogP contribution in [0.2, 0.25) is 0 Å². The molecular weight excluding hydrogens is 184 g/mol. The second kappa shape index (κ2) is 5.31. The van der Waals surface area contributed by atoms with Crippen molar-refractivity contribution in [2.45, 2.75) is 33.1 Å². The fourth-order valence-corrected chi connectivity index (χ4v) is 2.85. The molecule has 2 aliphatic heterocycles. The first-order valence-electron chi connectivity index (χ1n) is 6.72. The van der Waals surface area contributed by atoms with Gasteiger partial charge in [-0.2, -0.15) is 0 Å². The Balaban J connectivity index is 1.67. The van der Waals surface area contributed by atoms with E-state index >= 15 is 0 Å². The molecule has 1 N–H and O–H groups in total. The first-order chi connectivity index (χ1) is 7.29. The third-order valence-electron chi connectivity index (χ3n) is 4.45. The Hall–Kier alpha value is -0.0800. The molecule has 0 aromatic rings. The minimum atomic E-state index is 0.893. The number of nitrogens with zero attached hydrogens (tertiary/aromatic N) is 1. The Morgan fingerprint density at radius 1 is 1.27 bits per heavy atom. The van der Waals surface area contributed by atoms with Gasteiger partial charge in [0.1, 0.15) is 0 Å². The molecule has 2 aliphatic rings. The summed E-state index contributed by atoms with van der Waals surface area (Å²) in [4.78, 5) is 2.69. The third kappa shape index (κ3) is 2.94. The van der Waals surface area contributed by atoms with Gasteiger partial charge in [0.2, 0.25) is 0 Å². The van der Waals surface area contributed by atoms with Gasteiger partial charge in [0.25, 0.3) is 0 Å². The second-order valence-electron chi connectivity index (χ2n) is 5.55. The third-order valence-corrected chi connectivity index (χ3v) is 4.45. The van der Waals surface area contributed by atoms with E-state index in [0.29, 0.717) is 0 Å². The Morgan fingerprint density at radius 2 is 1.93 bits per heavy atom. The molecule has 0 spiro atoms. The normalized spacial score (nSPS) is 27.6. The Kier molecular flexibility index (Phi) is 4.04. The van der Waals surface area contributed by atoms with E-state index in [1.165, 1.54) is 52.0 Å². The average Bonchev–Trinajstić information content (AvgIpc) is 2.16. The van der Waals surface area contributed by atoms with Crippen LogP contribution >= 0.6 is 0 Å². The van der Waals surface area contributed by atoms with Crippen LogP contribution in [0.4, 0.5) is 0 Å². The Morgan fingerprint density at radius 3 is 2.40 bits per heavy atom. The lowest BCUT2D eigenvalue weighted by molar-refractivity contribution is 0.127. The predicted molar refractivity (Wildman–Crippen MR) is 65.0 cm³/mol. The minimum Gasteiger partial charge on any atom is -0.316 e. The fourth-order valence-electron chi connectivity index (χ4n) is 2.85. The van der Waals surface area contributed by atoms with Gasteiger partial charge in [0.05, 0.1) is 0 Å². The topological polar surface area (TPSA) is 15.3 Å². The summed E-state index contributed by atoms with van der Waals surface area (Å²) in [7, 11) is 0. The van der Waals surface area contributed by atoms with E-state index in [9.17, 15) is 0 Å². The SMILES string of the molecule is CCC1CCN(CC(C)C2CNC2)CC1. The summed E-state index contributed by atoms with van der Waals surface area (Å²) in [6.45, 7) is 11.3. The largest absolute Gasteiger partial charge is 0.316 e. The summed E-state index contributed by atoms with van der Waals surface area (Å²) in [6, 6.07) is 0. The first-order valence-corrected chi connectivity index (χ1v) is 6.72. The first kappa shape index (κ1) is 11.4. The molecule has 0 aliphatic carbocycles. The van der Waals surface area contributed by atoms with Crippen LogP contribution in [0.5, 0.6) is 0 Å². The monoisotopic (exact) mass is 210 g/mol. The van der Waals surface area contributed by atoms with Crippen molar-refractivity contribution in [3.05, 3.63) is 0 Å². The maximum absolute atomic E-state index is 3.38. The lowest BCUT2D eigenvalue weighted by atomic mass is 9.87. The molecule has 0 amide bonds.